The number of aromatic nitrogens is 2. The van der Waals surface area contributed by atoms with Crippen LogP contribution >= 0.6 is 0 Å². The van der Waals surface area contributed by atoms with E-state index in [0.29, 0.717) is 0 Å². The van der Waals surface area contributed by atoms with Crippen molar-refractivity contribution in [2.75, 3.05) is 36.5 Å². The average molecular weight is 250 g/mol. The van der Waals surface area contributed by atoms with E-state index in [4.69, 9.17) is 4.74 Å². The van der Waals surface area contributed by atoms with Gasteiger partial charge in [0, 0.05) is 25.7 Å². The average Bonchev–Trinajstić information content (AvgIpc) is 2.36. The minimum absolute atomic E-state index is 0.265. The summed E-state index contributed by atoms with van der Waals surface area (Å²) in [5.41, 5.74) is 0. The molecule has 0 radical (unpaired) electrons. The Hall–Kier alpha value is -1.36. The lowest BCUT2D eigenvalue weighted by atomic mass is 10.3. The monoisotopic (exact) mass is 250 g/mol. The Balaban J connectivity index is 2.13. The SMILES string of the molecule is CCCNc1cc(N2CCOC(C)C2)nc(C)n1. The summed E-state index contributed by atoms with van der Waals surface area (Å²) in [7, 11) is 0. The van der Waals surface area contributed by atoms with E-state index >= 15 is 0 Å². The fourth-order valence-electron chi connectivity index (χ4n) is 2.08. The first-order valence-corrected chi connectivity index (χ1v) is 6.65. The third-order valence-corrected chi connectivity index (χ3v) is 2.95. The van der Waals surface area contributed by atoms with Crippen molar-refractivity contribution in [1.82, 2.24) is 9.97 Å². The molecule has 0 spiro atoms. The van der Waals surface area contributed by atoms with Gasteiger partial charge in [-0.2, -0.15) is 0 Å². The molecular weight excluding hydrogens is 228 g/mol. The largest absolute Gasteiger partial charge is 0.375 e. The van der Waals surface area contributed by atoms with Crippen LogP contribution < -0.4 is 10.2 Å². The quantitative estimate of drug-likeness (QED) is 0.883. The van der Waals surface area contributed by atoms with Crippen LogP contribution in [0.25, 0.3) is 0 Å². The van der Waals surface area contributed by atoms with E-state index in [9.17, 15) is 0 Å². The lowest BCUT2D eigenvalue weighted by Crippen LogP contribution is -2.41. The zero-order chi connectivity index (χ0) is 13.0. The van der Waals surface area contributed by atoms with Crippen LogP contribution in [-0.4, -0.2) is 42.3 Å². The van der Waals surface area contributed by atoms with Crippen molar-refractivity contribution in [2.45, 2.75) is 33.3 Å². The predicted molar refractivity (Wildman–Crippen MR) is 73.2 cm³/mol. The van der Waals surface area contributed by atoms with Crippen LogP contribution in [-0.2, 0) is 4.74 Å². The van der Waals surface area contributed by atoms with Gasteiger partial charge in [-0.25, -0.2) is 9.97 Å². The van der Waals surface area contributed by atoms with Crippen molar-refractivity contribution in [2.24, 2.45) is 0 Å². The molecule has 5 heteroatoms. The maximum absolute atomic E-state index is 5.55. The highest BCUT2D eigenvalue weighted by molar-refractivity contribution is 5.49. The molecule has 1 N–H and O–H groups in total. The number of nitrogens with one attached hydrogen (secondary N) is 1. The summed E-state index contributed by atoms with van der Waals surface area (Å²) in [6, 6.07) is 2.03. The number of ether oxygens (including phenoxy) is 1. The van der Waals surface area contributed by atoms with Gasteiger partial charge in [-0.1, -0.05) is 6.92 Å². The summed E-state index contributed by atoms with van der Waals surface area (Å²) in [6.45, 7) is 9.67. The number of hydrogen-bond acceptors (Lipinski definition) is 5. The second kappa shape index (κ2) is 6.00. The molecule has 1 aliphatic rings. The van der Waals surface area contributed by atoms with Crippen molar-refractivity contribution in [1.29, 1.82) is 0 Å². The Morgan fingerprint density at radius 2 is 2.33 bits per heavy atom. The molecule has 100 valence electrons. The molecule has 2 rings (SSSR count). The molecule has 1 fully saturated rings. The summed E-state index contributed by atoms with van der Waals surface area (Å²) >= 11 is 0. The smallest absolute Gasteiger partial charge is 0.134 e. The van der Waals surface area contributed by atoms with Gasteiger partial charge in [0.1, 0.15) is 17.5 Å². The van der Waals surface area contributed by atoms with E-state index in [1.165, 1.54) is 0 Å². The molecule has 0 aliphatic carbocycles. The first-order valence-electron chi connectivity index (χ1n) is 6.65. The number of anilines is 2. The summed E-state index contributed by atoms with van der Waals surface area (Å²) in [5.74, 6) is 2.72. The third kappa shape index (κ3) is 3.32. The fourth-order valence-corrected chi connectivity index (χ4v) is 2.08. The molecule has 1 atom stereocenters. The van der Waals surface area contributed by atoms with Crippen LogP contribution in [0.2, 0.25) is 0 Å². The first kappa shape index (κ1) is 13.1. The van der Waals surface area contributed by atoms with Crippen LogP contribution in [0.1, 0.15) is 26.1 Å². The normalized spacial score (nSPS) is 19.9. The number of morpholine rings is 1. The van der Waals surface area contributed by atoms with Crippen molar-refractivity contribution < 1.29 is 4.74 Å². The van der Waals surface area contributed by atoms with Gasteiger partial charge in [-0.15, -0.1) is 0 Å². The van der Waals surface area contributed by atoms with Gasteiger partial charge in [0.15, 0.2) is 0 Å². The molecule has 1 unspecified atom stereocenters. The highest BCUT2D eigenvalue weighted by Crippen LogP contribution is 2.18. The van der Waals surface area contributed by atoms with Crippen LogP contribution in [0.3, 0.4) is 0 Å². The van der Waals surface area contributed by atoms with Crippen LogP contribution in [0, 0.1) is 6.92 Å². The van der Waals surface area contributed by atoms with E-state index in [0.717, 1.165) is 50.1 Å². The van der Waals surface area contributed by atoms with Gasteiger partial charge < -0.3 is 15.0 Å². The van der Waals surface area contributed by atoms with Crippen LogP contribution in [0.4, 0.5) is 11.6 Å². The first-order chi connectivity index (χ1) is 8.69. The minimum atomic E-state index is 0.265. The zero-order valence-corrected chi connectivity index (χ0v) is 11.4. The summed E-state index contributed by atoms with van der Waals surface area (Å²) in [5, 5.41) is 3.32. The molecule has 18 heavy (non-hydrogen) atoms. The Morgan fingerprint density at radius 3 is 3.06 bits per heavy atom. The summed E-state index contributed by atoms with van der Waals surface area (Å²) < 4.78 is 5.55. The van der Waals surface area contributed by atoms with Crippen molar-refractivity contribution in [3.05, 3.63) is 11.9 Å². The molecule has 5 nitrogen and oxygen atoms in total. The topological polar surface area (TPSA) is 50.3 Å². The van der Waals surface area contributed by atoms with Gasteiger partial charge in [0.05, 0.1) is 12.7 Å². The van der Waals surface area contributed by atoms with Gasteiger partial charge in [-0.05, 0) is 20.3 Å². The number of hydrogen-bond donors (Lipinski definition) is 1. The van der Waals surface area contributed by atoms with Gasteiger partial charge >= 0.3 is 0 Å². The van der Waals surface area contributed by atoms with Crippen molar-refractivity contribution >= 4 is 11.6 Å². The maximum atomic E-state index is 5.55. The minimum Gasteiger partial charge on any atom is -0.375 e. The third-order valence-electron chi connectivity index (χ3n) is 2.95. The maximum Gasteiger partial charge on any atom is 0.134 e. The Bertz CT molecular complexity index is 397. The second-order valence-electron chi connectivity index (χ2n) is 4.71. The lowest BCUT2D eigenvalue weighted by Gasteiger charge is -2.32. The molecule has 1 saturated heterocycles. The van der Waals surface area contributed by atoms with E-state index in [1.54, 1.807) is 0 Å². The standard InChI is InChI=1S/C13H22N4O/c1-4-5-14-12-8-13(16-11(3)15-12)17-6-7-18-10(2)9-17/h8,10H,4-7,9H2,1-3H3,(H,14,15,16). The molecule has 1 aromatic rings. The van der Waals surface area contributed by atoms with Crippen LogP contribution in [0.5, 0.6) is 0 Å². The van der Waals surface area contributed by atoms with Crippen molar-refractivity contribution in [3.8, 4) is 0 Å². The molecule has 0 saturated carbocycles. The molecular formula is C13H22N4O. The number of nitrogens with zero attached hydrogens (tertiary/aromatic N) is 3. The molecule has 1 aromatic heterocycles. The highest BCUT2D eigenvalue weighted by atomic mass is 16.5. The molecule has 0 aromatic carbocycles. The van der Waals surface area contributed by atoms with Gasteiger partial charge in [0.25, 0.3) is 0 Å². The van der Waals surface area contributed by atoms with E-state index < -0.39 is 0 Å². The Kier molecular flexibility index (Phi) is 4.36. The lowest BCUT2D eigenvalue weighted by molar-refractivity contribution is 0.0529. The zero-order valence-electron chi connectivity index (χ0n) is 11.4. The van der Waals surface area contributed by atoms with E-state index in [2.05, 4.69) is 34.0 Å². The van der Waals surface area contributed by atoms with Gasteiger partial charge in [-0.3, -0.25) is 0 Å². The number of rotatable bonds is 4. The van der Waals surface area contributed by atoms with Crippen molar-refractivity contribution in [3.63, 3.8) is 0 Å². The van der Waals surface area contributed by atoms with E-state index in [-0.39, 0.29) is 6.10 Å². The van der Waals surface area contributed by atoms with Crippen LogP contribution in [0.15, 0.2) is 6.07 Å². The molecule has 1 aliphatic heterocycles. The second-order valence-corrected chi connectivity index (χ2v) is 4.71. The van der Waals surface area contributed by atoms with E-state index in [1.807, 2.05) is 13.0 Å². The molecule has 0 bridgehead atoms. The predicted octanol–water partition coefficient (Wildman–Crippen LogP) is 1.83. The molecule has 2 heterocycles. The Morgan fingerprint density at radius 1 is 1.50 bits per heavy atom. The van der Waals surface area contributed by atoms with Gasteiger partial charge in [0.2, 0.25) is 0 Å². The highest BCUT2D eigenvalue weighted by Gasteiger charge is 2.18. The summed E-state index contributed by atoms with van der Waals surface area (Å²) in [6.07, 6.45) is 1.36. The Labute approximate surface area is 109 Å². The molecule has 0 amide bonds. The summed E-state index contributed by atoms with van der Waals surface area (Å²) in [4.78, 5) is 11.2. The number of aryl methyl sites for hydroxylation is 1. The fraction of sp³-hybridized carbons (Fsp3) is 0.692.